The van der Waals surface area contributed by atoms with Crippen LogP contribution in [0, 0.1) is 0 Å². The predicted molar refractivity (Wildman–Crippen MR) is 140 cm³/mol. The summed E-state index contributed by atoms with van der Waals surface area (Å²) in [5.41, 5.74) is 4.19. The van der Waals surface area contributed by atoms with E-state index in [-0.39, 0.29) is 35.9 Å². The molecule has 2 aromatic carbocycles. The molecule has 1 aliphatic heterocycles. The standard InChI is InChI=1S/C24H33N5O.HI/c1-4-26-24(27-17-19-9-7-11-21(15-19)23(30)25-3)28-18(2)20-10-8-12-22(16-20)29-13-5-6-14-29;/h7-12,15-16,18H,4-6,13-14,17H2,1-3H3,(H,25,30)(H2,26,27,28);1H. The van der Waals surface area contributed by atoms with Crippen LogP contribution in [-0.4, -0.2) is 38.5 Å². The fraction of sp³-hybridized carbons (Fsp3) is 0.417. The fourth-order valence-corrected chi connectivity index (χ4v) is 3.70. The highest BCUT2D eigenvalue weighted by Crippen LogP contribution is 2.24. The predicted octanol–water partition coefficient (Wildman–Crippen LogP) is 4.08. The Bertz CT molecular complexity index is 880. The maximum atomic E-state index is 11.9. The van der Waals surface area contributed by atoms with Gasteiger partial charge in [-0.1, -0.05) is 24.3 Å². The summed E-state index contributed by atoms with van der Waals surface area (Å²) in [6.45, 7) is 7.78. The summed E-state index contributed by atoms with van der Waals surface area (Å²) in [6, 6.07) is 16.5. The zero-order valence-electron chi connectivity index (χ0n) is 18.6. The topological polar surface area (TPSA) is 68.8 Å². The molecule has 0 aromatic heterocycles. The number of hydrogen-bond donors (Lipinski definition) is 3. The van der Waals surface area contributed by atoms with Crippen LogP contribution in [0.4, 0.5) is 5.69 Å². The number of aliphatic imine (C=N–C) groups is 1. The molecule has 7 heteroatoms. The zero-order valence-corrected chi connectivity index (χ0v) is 21.0. The number of rotatable bonds is 7. The lowest BCUT2D eigenvalue weighted by Gasteiger charge is -2.22. The van der Waals surface area contributed by atoms with Crippen molar-refractivity contribution in [3.05, 3.63) is 65.2 Å². The van der Waals surface area contributed by atoms with Crippen LogP contribution in [0.25, 0.3) is 0 Å². The Kier molecular flexibility index (Phi) is 10.1. The van der Waals surface area contributed by atoms with Crippen molar-refractivity contribution in [1.29, 1.82) is 0 Å². The monoisotopic (exact) mass is 535 g/mol. The van der Waals surface area contributed by atoms with Crippen molar-refractivity contribution in [3.63, 3.8) is 0 Å². The van der Waals surface area contributed by atoms with E-state index in [1.807, 2.05) is 24.3 Å². The Hall–Kier alpha value is -2.29. The van der Waals surface area contributed by atoms with Gasteiger partial charge in [0.1, 0.15) is 0 Å². The van der Waals surface area contributed by atoms with Crippen molar-refractivity contribution in [3.8, 4) is 0 Å². The van der Waals surface area contributed by atoms with Crippen LogP contribution < -0.4 is 20.9 Å². The SMILES string of the molecule is CCNC(=NCc1cccc(C(=O)NC)c1)NC(C)c1cccc(N2CCCC2)c1.I. The number of amides is 1. The van der Waals surface area contributed by atoms with Crippen LogP contribution in [0.3, 0.4) is 0 Å². The molecule has 1 fully saturated rings. The van der Waals surface area contributed by atoms with Gasteiger partial charge >= 0.3 is 0 Å². The molecule has 1 heterocycles. The molecule has 168 valence electrons. The molecule has 3 rings (SSSR count). The first-order valence-electron chi connectivity index (χ1n) is 10.8. The van der Waals surface area contributed by atoms with Crippen LogP contribution in [0.1, 0.15) is 54.2 Å². The highest BCUT2D eigenvalue weighted by atomic mass is 127. The minimum Gasteiger partial charge on any atom is -0.372 e. The number of carbonyl (C=O) groups excluding carboxylic acids is 1. The Morgan fingerprint density at radius 3 is 2.58 bits per heavy atom. The molecule has 2 aromatic rings. The first-order valence-corrected chi connectivity index (χ1v) is 10.8. The van der Waals surface area contributed by atoms with Crippen molar-refractivity contribution in [2.45, 2.75) is 39.3 Å². The molecule has 1 amide bonds. The third-order valence-corrected chi connectivity index (χ3v) is 5.37. The number of anilines is 1. The summed E-state index contributed by atoms with van der Waals surface area (Å²) in [4.78, 5) is 19.0. The minimum atomic E-state index is -0.0858. The third kappa shape index (κ3) is 7.12. The van der Waals surface area contributed by atoms with E-state index in [9.17, 15) is 4.79 Å². The smallest absolute Gasteiger partial charge is 0.251 e. The molecular formula is C24H34IN5O. The Balaban J connectivity index is 0.00000341. The molecule has 1 unspecified atom stereocenters. The van der Waals surface area contributed by atoms with E-state index in [1.165, 1.54) is 24.1 Å². The summed E-state index contributed by atoms with van der Waals surface area (Å²) < 4.78 is 0. The van der Waals surface area contributed by atoms with Crippen LogP contribution in [0.5, 0.6) is 0 Å². The van der Waals surface area contributed by atoms with Crippen molar-refractivity contribution < 1.29 is 4.79 Å². The number of halogens is 1. The van der Waals surface area contributed by atoms with Crippen LogP contribution >= 0.6 is 24.0 Å². The van der Waals surface area contributed by atoms with E-state index < -0.39 is 0 Å². The second kappa shape index (κ2) is 12.5. The number of hydrogen-bond acceptors (Lipinski definition) is 3. The largest absolute Gasteiger partial charge is 0.372 e. The summed E-state index contributed by atoms with van der Waals surface area (Å²) in [5, 5.41) is 9.49. The maximum Gasteiger partial charge on any atom is 0.251 e. The molecule has 1 saturated heterocycles. The third-order valence-electron chi connectivity index (χ3n) is 5.37. The van der Waals surface area contributed by atoms with E-state index in [4.69, 9.17) is 4.99 Å². The Labute approximate surface area is 202 Å². The quantitative estimate of drug-likeness (QED) is 0.284. The fourth-order valence-electron chi connectivity index (χ4n) is 3.70. The van der Waals surface area contributed by atoms with E-state index >= 15 is 0 Å². The molecule has 0 saturated carbocycles. The molecule has 3 N–H and O–H groups in total. The average molecular weight is 535 g/mol. The molecular weight excluding hydrogens is 501 g/mol. The molecule has 0 spiro atoms. The zero-order chi connectivity index (χ0) is 21.3. The van der Waals surface area contributed by atoms with Crippen molar-refractivity contribution in [1.82, 2.24) is 16.0 Å². The number of nitrogens with one attached hydrogen (secondary N) is 3. The molecule has 6 nitrogen and oxygen atoms in total. The van der Waals surface area contributed by atoms with E-state index in [1.54, 1.807) is 7.05 Å². The lowest BCUT2D eigenvalue weighted by molar-refractivity contribution is 0.0963. The van der Waals surface area contributed by atoms with E-state index in [2.05, 4.69) is 59.0 Å². The van der Waals surface area contributed by atoms with Gasteiger partial charge in [-0.2, -0.15) is 0 Å². The molecule has 1 aliphatic rings. The Morgan fingerprint density at radius 2 is 1.87 bits per heavy atom. The van der Waals surface area contributed by atoms with Gasteiger partial charge in [0.15, 0.2) is 5.96 Å². The van der Waals surface area contributed by atoms with Crippen molar-refractivity contribution in [2.75, 3.05) is 31.6 Å². The molecule has 31 heavy (non-hydrogen) atoms. The highest BCUT2D eigenvalue weighted by molar-refractivity contribution is 14.0. The van der Waals surface area contributed by atoms with Gasteiger partial charge in [-0.05, 0) is 62.1 Å². The normalized spacial score (nSPS) is 14.5. The van der Waals surface area contributed by atoms with Crippen molar-refractivity contribution >= 4 is 41.5 Å². The molecule has 0 aliphatic carbocycles. The lowest BCUT2D eigenvalue weighted by atomic mass is 10.1. The summed E-state index contributed by atoms with van der Waals surface area (Å²) in [6.07, 6.45) is 2.55. The van der Waals surface area contributed by atoms with Crippen LogP contribution in [-0.2, 0) is 6.54 Å². The molecule has 0 radical (unpaired) electrons. The number of guanidine groups is 1. The van der Waals surface area contributed by atoms with Gasteiger partial charge in [-0.3, -0.25) is 4.79 Å². The maximum absolute atomic E-state index is 11.9. The van der Waals surface area contributed by atoms with Gasteiger partial charge < -0.3 is 20.9 Å². The first-order chi connectivity index (χ1) is 14.6. The first kappa shape index (κ1) is 25.0. The van der Waals surface area contributed by atoms with Gasteiger partial charge in [0.05, 0.1) is 12.6 Å². The summed E-state index contributed by atoms with van der Waals surface area (Å²) in [7, 11) is 1.64. The van der Waals surface area contributed by atoms with E-state index in [0.717, 1.165) is 31.2 Å². The Morgan fingerprint density at radius 1 is 1.13 bits per heavy atom. The van der Waals surface area contributed by atoms with Gasteiger partial charge in [0.2, 0.25) is 0 Å². The highest BCUT2D eigenvalue weighted by Gasteiger charge is 2.14. The minimum absolute atomic E-state index is 0. The number of benzene rings is 2. The molecule has 0 bridgehead atoms. The number of nitrogens with zero attached hydrogens (tertiary/aromatic N) is 2. The average Bonchev–Trinajstić information content (AvgIpc) is 3.32. The summed E-state index contributed by atoms with van der Waals surface area (Å²) >= 11 is 0. The van der Waals surface area contributed by atoms with Gasteiger partial charge in [0, 0.05) is 37.9 Å². The second-order valence-electron chi connectivity index (χ2n) is 7.63. The second-order valence-corrected chi connectivity index (χ2v) is 7.63. The molecule has 1 atom stereocenters. The van der Waals surface area contributed by atoms with Crippen LogP contribution in [0.2, 0.25) is 0 Å². The van der Waals surface area contributed by atoms with Gasteiger partial charge in [-0.15, -0.1) is 24.0 Å². The number of carbonyl (C=O) groups is 1. The van der Waals surface area contributed by atoms with E-state index in [0.29, 0.717) is 12.1 Å². The van der Waals surface area contributed by atoms with Gasteiger partial charge in [-0.25, -0.2) is 4.99 Å². The van der Waals surface area contributed by atoms with Gasteiger partial charge in [0.25, 0.3) is 5.91 Å². The summed E-state index contributed by atoms with van der Waals surface area (Å²) in [5.74, 6) is 0.680. The van der Waals surface area contributed by atoms with Crippen LogP contribution in [0.15, 0.2) is 53.5 Å². The lowest BCUT2D eigenvalue weighted by Crippen LogP contribution is -2.38. The van der Waals surface area contributed by atoms with Crippen molar-refractivity contribution in [2.24, 2.45) is 4.99 Å².